The van der Waals surface area contributed by atoms with Crippen molar-refractivity contribution >= 4 is 17.4 Å². The van der Waals surface area contributed by atoms with Crippen LogP contribution in [0.5, 0.6) is 0 Å². The summed E-state index contributed by atoms with van der Waals surface area (Å²) in [5.74, 6) is 2.07. The van der Waals surface area contributed by atoms with Gasteiger partial charge in [0.15, 0.2) is 0 Å². The zero-order valence-corrected chi connectivity index (χ0v) is 11.7. The van der Waals surface area contributed by atoms with Gasteiger partial charge in [0.1, 0.15) is 0 Å². The van der Waals surface area contributed by atoms with Crippen LogP contribution in [0.2, 0.25) is 0 Å². The summed E-state index contributed by atoms with van der Waals surface area (Å²) in [6.07, 6.45) is 0. The van der Waals surface area contributed by atoms with Crippen molar-refractivity contribution in [2.24, 2.45) is 5.41 Å². The van der Waals surface area contributed by atoms with Crippen LogP contribution in [0.3, 0.4) is 0 Å². The maximum atomic E-state index is 9.32. The van der Waals surface area contributed by atoms with Crippen LogP contribution in [0, 0.1) is 5.41 Å². The lowest BCUT2D eigenvalue weighted by atomic mass is 9.90. The molecule has 0 aromatic heterocycles. The normalized spacial score (nSPS) is 17.2. The summed E-state index contributed by atoms with van der Waals surface area (Å²) in [6, 6.07) is 10.4. The molecule has 0 bridgehead atoms. The van der Waals surface area contributed by atoms with Gasteiger partial charge in [-0.05, 0) is 12.1 Å². The Kier molecular flexibility index (Phi) is 4.92. The number of anilines is 1. The predicted molar refractivity (Wildman–Crippen MR) is 77.4 cm³/mol. The van der Waals surface area contributed by atoms with Gasteiger partial charge in [-0.3, -0.25) is 0 Å². The Hall–Kier alpha value is -0.710. The topological polar surface area (TPSA) is 32.7 Å². The Labute approximate surface area is 113 Å². The van der Waals surface area contributed by atoms with Crippen LogP contribution < -0.4 is 4.90 Å². The number of hydrogen-bond donors (Lipinski definition) is 1. The molecule has 1 aliphatic rings. The number of thioether (sulfide) groups is 1. The molecular formula is C14H21NO2S. The van der Waals surface area contributed by atoms with Gasteiger partial charge >= 0.3 is 0 Å². The monoisotopic (exact) mass is 267 g/mol. The first-order valence-electron chi connectivity index (χ1n) is 6.28. The van der Waals surface area contributed by atoms with Gasteiger partial charge in [0.05, 0.1) is 19.8 Å². The van der Waals surface area contributed by atoms with Crippen molar-refractivity contribution in [3.05, 3.63) is 30.3 Å². The van der Waals surface area contributed by atoms with Crippen LogP contribution in [0.4, 0.5) is 5.69 Å². The molecule has 4 heteroatoms. The summed E-state index contributed by atoms with van der Waals surface area (Å²) in [6.45, 7) is 2.70. The lowest BCUT2D eigenvalue weighted by Crippen LogP contribution is -2.47. The second-order valence-corrected chi connectivity index (χ2v) is 6.07. The number of benzene rings is 1. The highest BCUT2D eigenvalue weighted by molar-refractivity contribution is 7.99. The first kappa shape index (κ1) is 13.7. The standard InChI is InChI=1S/C14H21NO2S/c1-15(13-5-3-2-4-6-13)7-8-18-12-14(9-16)10-17-11-14/h2-6,16H,7-12H2,1H3. The quantitative estimate of drug-likeness (QED) is 0.765. The molecule has 1 heterocycles. The van der Waals surface area contributed by atoms with Crippen LogP contribution >= 0.6 is 11.8 Å². The maximum Gasteiger partial charge on any atom is 0.0575 e. The lowest BCUT2D eigenvalue weighted by Gasteiger charge is -2.39. The Morgan fingerprint density at radius 1 is 1.33 bits per heavy atom. The Morgan fingerprint density at radius 2 is 2.06 bits per heavy atom. The van der Waals surface area contributed by atoms with Crippen molar-refractivity contribution in [3.8, 4) is 0 Å². The smallest absolute Gasteiger partial charge is 0.0575 e. The number of nitrogens with zero attached hydrogens (tertiary/aromatic N) is 1. The number of aliphatic hydroxyl groups is 1. The van der Waals surface area contributed by atoms with Crippen molar-refractivity contribution in [1.29, 1.82) is 0 Å². The zero-order chi connectivity index (χ0) is 12.8. The van der Waals surface area contributed by atoms with Gasteiger partial charge in [0, 0.05) is 36.2 Å². The Bertz CT molecular complexity index is 349. The van der Waals surface area contributed by atoms with Gasteiger partial charge in [-0.1, -0.05) is 18.2 Å². The third-order valence-electron chi connectivity index (χ3n) is 3.33. The fourth-order valence-corrected chi connectivity index (χ4v) is 3.15. The third kappa shape index (κ3) is 3.40. The largest absolute Gasteiger partial charge is 0.396 e. The van der Waals surface area contributed by atoms with E-state index in [9.17, 15) is 5.11 Å². The molecular weight excluding hydrogens is 246 g/mol. The zero-order valence-electron chi connectivity index (χ0n) is 10.8. The van der Waals surface area contributed by atoms with Gasteiger partial charge in [-0.15, -0.1) is 0 Å². The SMILES string of the molecule is CN(CCSCC1(CO)COC1)c1ccccc1. The second-order valence-electron chi connectivity index (χ2n) is 4.96. The van der Waals surface area contributed by atoms with E-state index in [4.69, 9.17) is 4.74 Å². The Balaban J connectivity index is 1.66. The molecule has 100 valence electrons. The molecule has 18 heavy (non-hydrogen) atoms. The van der Waals surface area contributed by atoms with Crippen LogP contribution in [0.1, 0.15) is 0 Å². The summed E-state index contributed by atoms with van der Waals surface area (Å²) < 4.78 is 5.19. The molecule has 1 aromatic carbocycles. The third-order valence-corrected chi connectivity index (χ3v) is 4.62. The molecule has 0 amide bonds. The average molecular weight is 267 g/mol. The summed E-state index contributed by atoms with van der Waals surface area (Å²) in [5, 5.41) is 9.32. The number of aliphatic hydroxyl groups excluding tert-OH is 1. The first-order valence-corrected chi connectivity index (χ1v) is 7.44. The summed E-state index contributed by atoms with van der Waals surface area (Å²) in [4.78, 5) is 2.26. The van der Waals surface area contributed by atoms with Crippen LogP contribution in [-0.4, -0.2) is 50.0 Å². The van der Waals surface area contributed by atoms with Crippen molar-refractivity contribution in [3.63, 3.8) is 0 Å². The van der Waals surface area contributed by atoms with E-state index in [0.717, 1.165) is 18.1 Å². The molecule has 1 aromatic rings. The van der Waals surface area contributed by atoms with E-state index in [1.54, 1.807) is 0 Å². The minimum atomic E-state index is 0.0377. The number of para-hydroxylation sites is 1. The molecule has 1 fully saturated rings. The molecule has 3 nitrogen and oxygen atoms in total. The minimum absolute atomic E-state index is 0.0377. The molecule has 0 radical (unpaired) electrons. The van der Waals surface area contributed by atoms with E-state index in [1.165, 1.54) is 5.69 Å². The van der Waals surface area contributed by atoms with E-state index in [0.29, 0.717) is 13.2 Å². The van der Waals surface area contributed by atoms with Gasteiger partial charge in [-0.2, -0.15) is 11.8 Å². The van der Waals surface area contributed by atoms with Crippen LogP contribution in [0.15, 0.2) is 30.3 Å². The minimum Gasteiger partial charge on any atom is -0.396 e. The first-order chi connectivity index (χ1) is 8.76. The summed E-state index contributed by atoms with van der Waals surface area (Å²) in [7, 11) is 2.12. The molecule has 1 aliphatic heterocycles. The summed E-state index contributed by atoms with van der Waals surface area (Å²) in [5.41, 5.74) is 1.29. The average Bonchev–Trinajstić information content (AvgIpc) is 2.38. The molecule has 1 N–H and O–H groups in total. The molecule has 0 spiro atoms. The number of hydrogen-bond acceptors (Lipinski definition) is 4. The van der Waals surface area contributed by atoms with E-state index in [-0.39, 0.29) is 12.0 Å². The van der Waals surface area contributed by atoms with Gasteiger partial charge in [0.2, 0.25) is 0 Å². The fourth-order valence-electron chi connectivity index (χ4n) is 1.91. The van der Waals surface area contributed by atoms with Crippen molar-refractivity contribution in [1.82, 2.24) is 0 Å². The van der Waals surface area contributed by atoms with Crippen molar-refractivity contribution < 1.29 is 9.84 Å². The second kappa shape index (κ2) is 6.45. The lowest BCUT2D eigenvalue weighted by molar-refractivity contribution is -0.121. The van der Waals surface area contributed by atoms with E-state index in [2.05, 4.69) is 36.2 Å². The number of ether oxygens (including phenoxy) is 1. The molecule has 2 rings (SSSR count). The molecule has 0 unspecified atom stereocenters. The number of rotatable bonds is 7. The van der Waals surface area contributed by atoms with Crippen LogP contribution in [-0.2, 0) is 4.74 Å². The van der Waals surface area contributed by atoms with E-state index >= 15 is 0 Å². The van der Waals surface area contributed by atoms with E-state index in [1.807, 2.05) is 17.8 Å². The van der Waals surface area contributed by atoms with Gasteiger partial charge < -0.3 is 14.7 Å². The highest BCUT2D eigenvalue weighted by Crippen LogP contribution is 2.30. The van der Waals surface area contributed by atoms with Crippen molar-refractivity contribution in [2.75, 3.05) is 49.8 Å². The highest BCUT2D eigenvalue weighted by Gasteiger charge is 2.37. The van der Waals surface area contributed by atoms with Crippen molar-refractivity contribution in [2.45, 2.75) is 0 Å². The fraction of sp³-hybridized carbons (Fsp3) is 0.571. The molecule has 0 atom stereocenters. The van der Waals surface area contributed by atoms with Crippen LogP contribution in [0.25, 0.3) is 0 Å². The van der Waals surface area contributed by atoms with E-state index < -0.39 is 0 Å². The predicted octanol–water partition coefficient (Wildman–Crippen LogP) is 1.86. The summed E-state index contributed by atoms with van der Waals surface area (Å²) >= 11 is 1.90. The maximum absolute atomic E-state index is 9.32. The highest BCUT2D eigenvalue weighted by atomic mass is 32.2. The molecule has 1 saturated heterocycles. The van der Waals surface area contributed by atoms with Gasteiger partial charge in [0.25, 0.3) is 0 Å². The molecule has 0 saturated carbocycles. The Morgan fingerprint density at radius 3 is 2.61 bits per heavy atom. The molecule has 0 aliphatic carbocycles. The van der Waals surface area contributed by atoms with Gasteiger partial charge in [-0.25, -0.2) is 0 Å².